The number of halogens is 3. The minimum absolute atomic E-state index is 0.118. The lowest BCUT2D eigenvalue weighted by Crippen LogP contribution is -2.20. The average molecular weight is 540 g/mol. The lowest BCUT2D eigenvalue weighted by Gasteiger charge is -2.19. The first kappa shape index (κ1) is 32.0. The quantitative estimate of drug-likeness (QED) is 0.0976. The van der Waals surface area contributed by atoms with E-state index >= 15 is 0 Å². The molecule has 0 unspecified atom stereocenters. The number of thiazole rings is 1. The predicted octanol–water partition coefficient (Wildman–Crippen LogP) is 7.12. The number of aromatic nitrogens is 3. The SMILES string of the molecule is C=C(/C=C(C)\C=C(/C)Nc1nccc(C(F)(F)F)n1)c1cnc(CCCC/C(=N\O)C(C)(C)C)s1.CO. The summed E-state index contributed by atoms with van der Waals surface area (Å²) in [5.41, 5.74) is 1.90. The van der Waals surface area contributed by atoms with Gasteiger partial charge in [-0.05, 0) is 62.8 Å². The number of oxime groups is 1. The van der Waals surface area contributed by atoms with Crippen LogP contribution in [0.25, 0.3) is 5.57 Å². The zero-order valence-electron chi connectivity index (χ0n) is 22.1. The van der Waals surface area contributed by atoms with Gasteiger partial charge in [0.25, 0.3) is 0 Å². The minimum Gasteiger partial charge on any atom is -0.411 e. The van der Waals surface area contributed by atoms with Crippen LogP contribution in [0.15, 0.2) is 53.6 Å². The van der Waals surface area contributed by atoms with Crippen molar-refractivity contribution in [3.63, 3.8) is 0 Å². The summed E-state index contributed by atoms with van der Waals surface area (Å²) in [5, 5.41) is 23.4. The second-order valence-electron chi connectivity index (χ2n) is 9.25. The van der Waals surface area contributed by atoms with Gasteiger partial charge < -0.3 is 15.6 Å². The van der Waals surface area contributed by atoms with E-state index < -0.39 is 11.9 Å². The third-order valence-corrected chi connectivity index (χ3v) is 6.14. The van der Waals surface area contributed by atoms with Crippen LogP contribution in [0.2, 0.25) is 0 Å². The van der Waals surface area contributed by atoms with E-state index in [4.69, 9.17) is 5.11 Å². The number of allylic oxidation sites excluding steroid dienone is 5. The molecule has 0 spiro atoms. The van der Waals surface area contributed by atoms with Crippen molar-refractivity contribution >= 4 is 28.6 Å². The number of hydrogen-bond donors (Lipinski definition) is 3. The van der Waals surface area contributed by atoms with Crippen LogP contribution in [-0.4, -0.2) is 38.1 Å². The lowest BCUT2D eigenvalue weighted by molar-refractivity contribution is -0.141. The molecule has 0 aliphatic carbocycles. The molecule has 2 aromatic heterocycles. The first-order valence-corrected chi connectivity index (χ1v) is 12.4. The summed E-state index contributed by atoms with van der Waals surface area (Å²) < 4.78 is 38.5. The van der Waals surface area contributed by atoms with Crippen LogP contribution in [0, 0.1) is 5.41 Å². The zero-order chi connectivity index (χ0) is 28.2. The molecule has 7 nitrogen and oxygen atoms in total. The van der Waals surface area contributed by atoms with Crippen LogP contribution in [0.3, 0.4) is 0 Å². The van der Waals surface area contributed by atoms with Gasteiger partial charge in [-0.1, -0.05) is 38.6 Å². The van der Waals surface area contributed by atoms with Crippen molar-refractivity contribution in [3.05, 3.63) is 64.0 Å². The number of anilines is 1. The first-order valence-electron chi connectivity index (χ1n) is 11.6. The Labute approximate surface area is 220 Å². The summed E-state index contributed by atoms with van der Waals surface area (Å²) in [5.74, 6) is -0.118. The van der Waals surface area contributed by atoms with Gasteiger partial charge >= 0.3 is 6.18 Å². The zero-order valence-corrected chi connectivity index (χ0v) is 23.0. The monoisotopic (exact) mass is 539 g/mol. The van der Waals surface area contributed by atoms with Gasteiger partial charge in [0.15, 0.2) is 0 Å². The number of nitrogens with zero attached hydrogens (tertiary/aromatic N) is 4. The average Bonchev–Trinajstić information content (AvgIpc) is 3.28. The molecule has 0 aromatic carbocycles. The number of aliphatic hydroxyl groups excluding tert-OH is 1. The van der Waals surface area contributed by atoms with Crippen molar-refractivity contribution in [1.29, 1.82) is 0 Å². The summed E-state index contributed by atoms with van der Waals surface area (Å²) >= 11 is 1.58. The van der Waals surface area contributed by atoms with E-state index in [1.165, 1.54) is 0 Å². The maximum atomic E-state index is 12.8. The first-order chi connectivity index (χ1) is 17.3. The summed E-state index contributed by atoms with van der Waals surface area (Å²) in [6.45, 7) is 13.8. The molecule has 11 heteroatoms. The van der Waals surface area contributed by atoms with Gasteiger partial charge in [-0.15, -0.1) is 11.3 Å². The fourth-order valence-electron chi connectivity index (χ4n) is 3.24. The van der Waals surface area contributed by atoms with E-state index in [1.807, 2.05) is 33.8 Å². The van der Waals surface area contributed by atoms with Gasteiger partial charge in [0.2, 0.25) is 5.95 Å². The molecule has 0 bridgehead atoms. The van der Waals surface area contributed by atoms with Gasteiger partial charge in [0.1, 0.15) is 5.69 Å². The van der Waals surface area contributed by atoms with Crippen molar-refractivity contribution in [2.75, 3.05) is 12.4 Å². The van der Waals surface area contributed by atoms with Crippen LogP contribution < -0.4 is 5.32 Å². The molecular weight excluding hydrogens is 503 g/mol. The van der Waals surface area contributed by atoms with Crippen LogP contribution in [0.4, 0.5) is 19.1 Å². The van der Waals surface area contributed by atoms with E-state index in [9.17, 15) is 18.4 Å². The molecule has 2 rings (SSSR count). The molecule has 0 saturated heterocycles. The minimum atomic E-state index is -4.53. The second kappa shape index (κ2) is 14.6. The van der Waals surface area contributed by atoms with Crippen molar-refractivity contribution in [2.45, 2.75) is 66.5 Å². The number of aryl methyl sites for hydroxylation is 1. The number of unbranched alkanes of at least 4 members (excludes halogenated alkanes) is 1. The van der Waals surface area contributed by atoms with Gasteiger partial charge in [0, 0.05) is 30.6 Å². The van der Waals surface area contributed by atoms with Crippen molar-refractivity contribution in [3.8, 4) is 0 Å². The summed E-state index contributed by atoms with van der Waals surface area (Å²) in [6, 6.07) is 0.829. The topological polar surface area (TPSA) is 104 Å². The van der Waals surface area contributed by atoms with E-state index in [0.29, 0.717) is 5.70 Å². The highest BCUT2D eigenvalue weighted by Crippen LogP contribution is 2.28. The standard InChI is InChI=1S/C25H32F3N5OS.CH4O/c1-16(14-18(3)31-23-29-12-11-21(32-23)25(26,27)28)13-17(2)19-15-30-22(35-19)10-8-7-9-20(33-34)24(4,5)6;1-2/h11-15,34H,2,7-10H2,1,3-6H3,(H,29,31,32);2H,1H3/b16-13-,18-14+,33-20+;. The van der Waals surface area contributed by atoms with Crippen LogP contribution in [0.5, 0.6) is 0 Å². The molecule has 2 aromatic rings. The van der Waals surface area contributed by atoms with Gasteiger partial charge in [0.05, 0.1) is 15.6 Å². The predicted molar refractivity (Wildman–Crippen MR) is 144 cm³/mol. The molecule has 0 radical (unpaired) electrons. The molecule has 2 heterocycles. The van der Waals surface area contributed by atoms with Crippen molar-refractivity contribution < 1.29 is 23.5 Å². The molecule has 0 saturated carbocycles. The summed E-state index contributed by atoms with van der Waals surface area (Å²) in [6.07, 6.45) is 5.46. The highest BCUT2D eigenvalue weighted by molar-refractivity contribution is 7.12. The van der Waals surface area contributed by atoms with E-state index in [2.05, 4.69) is 32.0 Å². The fourth-order valence-corrected chi connectivity index (χ4v) is 4.14. The largest absolute Gasteiger partial charge is 0.433 e. The van der Waals surface area contributed by atoms with Gasteiger partial charge in [-0.3, -0.25) is 0 Å². The number of hydrogen-bond acceptors (Lipinski definition) is 8. The highest BCUT2D eigenvalue weighted by atomic mass is 32.1. The molecule has 0 aliphatic heterocycles. The molecule has 0 atom stereocenters. The van der Waals surface area contributed by atoms with E-state index in [0.717, 1.165) is 71.8 Å². The molecular formula is C26H36F3N5O2S. The van der Waals surface area contributed by atoms with Crippen molar-refractivity contribution in [2.24, 2.45) is 10.6 Å². The Balaban J connectivity index is 0.00000334. The molecule has 0 amide bonds. The highest BCUT2D eigenvalue weighted by Gasteiger charge is 2.32. The smallest absolute Gasteiger partial charge is 0.411 e. The lowest BCUT2D eigenvalue weighted by atomic mass is 9.87. The van der Waals surface area contributed by atoms with Crippen LogP contribution in [0.1, 0.15) is 69.5 Å². The third-order valence-electron chi connectivity index (χ3n) is 5.01. The Morgan fingerprint density at radius 1 is 1.14 bits per heavy atom. The Morgan fingerprint density at radius 2 is 1.81 bits per heavy atom. The fraction of sp³-hybridized carbons (Fsp3) is 0.462. The number of alkyl halides is 3. The normalized spacial score (nSPS) is 13.2. The van der Waals surface area contributed by atoms with Crippen LogP contribution >= 0.6 is 11.3 Å². The van der Waals surface area contributed by atoms with Gasteiger partial charge in [-0.25, -0.2) is 15.0 Å². The molecule has 3 N–H and O–H groups in total. The Morgan fingerprint density at radius 3 is 2.41 bits per heavy atom. The summed E-state index contributed by atoms with van der Waals surface area (Å²) in [7, 11) is 1.00. The number of rotatable bonds is 10. The molecule has 0 fully saturated rings. The Kier molecular flexibility index (Phi) is 12.6. The Bertz CT molecular complexity index is 1120. The number of nitrogens with one attached hydrogen (secondary N) is 1. The molecule has 37 heavy (non-hydrogen) atoms. The number of aliphatic hydroxyl groups is 1. The van der Waals surface area contributed by atoms with Crippen molar-refractivity contribution in [1.82, 2.24) is 15.0 Å². The Hall–Kier alpha value is -3.05. The van der Waals surface area contributed by atoms with Gasteiger partial charge in [-0.2, -0.15) is 13.2 Å². The van der Waals surface area contributed by atoms with E-state index in [-0.39, 0.29) is 11.4 Å². The molecule has 0 aliphatic rings. The second-order valence-corrected chi connectivity index (χ2v) is 10.4. The van der Waals surface area contributed by atoms with Crippen LogP contribution in [-0.2, 0) is 12.6 Å². The third kappa shape index (κ3) is 11.3. The maximum Gasteiger partial charge on any atom is 0.433 e. The molecule has 204 valence electrons. The summed E-state index contributed by atoms with van der Waals surface area (Å²) in [4.78, 5) is 12.8. The maximum absolute atomic E-state index is 12.8. The van der Waals surface area contributed by atoms with E-state index in [1.54, 1.807) is 30.5 Å².